The van der Waals surface area contributed by atoms with Crippen molar-refractivity contribution in [1.82, 2.24) is 9.80 Å². The summed E-state index contributed by atoms with van der Waals surface area (Å²) >= 11 is 0. The molecule has 0 aromatic rings. The Labute approximate surface area is 245 Å². The number of esters is 1. The highest BCUT2D eigenvalue weighted by Crippen LogP contribution is 2.68. The molecule has 41 heavy (non-hydrogen) atoms. The standard InChI is InChI=1S/C32H50N2O7/c1-8-29(4,5)41-28(39)34-16-14-33(15-17-34)19-22-27(38)30(6,9-2)18-24(40-25(37)20-35)31(7)21(3)10-12-32(22)13-11-23(36)26(31)32/h1,21-22,24,26-27,35,38H,9-20H2,2-7H3/t21-,22?,24-,26?,27?,30+,31+,32?/m1/s1. The number of amides is 1. The molecule has 4 unspecified atom stereocenters. The Balaban J connectivity index is 1.65. The van der Waals surface area contributed by atoms with E-state index in [-0.39, 0.29) is 23.5 Å². The average molecular weight is 575 g/mol. The van der Waals surface area contributed by atoms with E-state index in [1.54, 1.807) is 18.7 Å². The Bertz CT molecular complexity index is 1060. The van der Waals surface area contributed by atoms with Gasteiger partial charge in [0.15, 0.2) is 5.60 Å². The van der Waals surface area contributed by atoms with Gasteiger partial charge in [-0.15, -0.1) is 6.42 Å². The first kappa shape index (κ1) is 31.8. The van der Waals surface area contributed by atoms with Crippen LogP contribution in [0.2, 0.25) is 0 Å². The summed E-state index contributed by atoms with van der Waals surface area (Å²) in [5.74, 6) is 1.66. The number of piperazine rings is 1. The van der Waals surface area contributed by atoms with Crippen molar-refractivity contribution in [3.05, 3.63) is 0 Å². The highest BCUT2D eigenvalue weighted by Gasteiger charge is 2.69. The molecule has 2 bridgehead atoms. The van der Waals surface area contributed by atoms with Gasteiger partial charge < -0.3 is 24.6 Å². The Morgan fingerprint density at radius 2 is 1.83 bits per heavy atom. The number of ether oxygens (including phenoxy) is 2. The molecule has 9 heteroatoms. The first-order valence-corrected chi connectivity index (χ1v) is 15.4. The third-order valence-corrected chi connectivity index (χ3v) is 11.6. The Morgan fingerprint density at radius 1 is 1.17 bits per heavy atom. The molecule has 1 aliphatic heterocycles. The van der Waals surface area contributed by atoms with Gasteiger partial charge in [-0.3, -0.25) is 9.69 Å². The summed E-state index contributed by atoms with van der Waals surface area (Å²) < 4.78 is 11.5. The van der Waals surface area contributed by atoms with E-state index in [1.165, 1.54) is 0 Å². The molecular formula is C32H50N2O7. The summed E-state index contributed by atoms with van der Waals surface area (Å²) in [6, 6.07) is 0. The normalized spacial score (nSPS) is 39.7. The van der Waals surface area contributed by atoms with E-state index in [0.717, 1.165) is 12.8 Å². The van der Waals surface area contributed by atoms with Gasteiger partial charge in [-0.25, -0.2) is 9.59 Å². The van der Waals surface area contributed by atoms with Crippen LogP contribution in [0.25, 0.3) is 0 Å². The molecule has 4 rings (SSSR count). The number of hydrogen-bond donors (Lipinski definition) is 2. The second-order valence-corrected chi connectivity index (χ2v) is 14.1. The zero-order valence-corrected chi connectivity index (χ0v) is 25.8. The van der Waals surface area contributed by atoms with Crippen molar-refractivity contribution in [1.29, 1.82) is 0 Å². The van der Waals surface area contributed by atoms with Crippen LogP contribution in [0.15, 0.2) is 0 Å². The molecule has 0 spiro atoms. The largest absolute Gasteiger partial charge is 0.460 e. The summed E-state index contributed by atoms with van der Waals surface area (Å²) in [5, 5.41) is 21.8. The second kappa shape index (κ2) is 11.5. The van der Waals surface area contributed by atoms with E-state index >= 15 is 0 Å². The number of hydrogen-bond acceptors (Lipinski definition) is 8. The predicted molar refractivity (Wildman–Crippen MR) is 154 cm³/mol. The molecule has 1 amide bonds. The molecule has 3 aliphatic carbocycles. The SMILES string of the molecule is C#CC(C)(C)OC(=O)N1CCN(CC2C(O)[C@@](C)(CC)C[C@@H](OC(=O)CO)[C@@]3(C)C4C(=O)CCC24CC[C@H]3C)CC1. The van der Waals surface area contributed by atoms with Gasteiger partial charge in [0.05, 0.1) is 6.10 Å². The maximum Gasteiger partial charge on any atom is 0.411 e. The summed E-state index contributed by atoms with van der Waals surface area (Å²) in [6.07, 6.45) is 7.79. The minimum Gasteiger partial charge on any atom is -0.460 e. The molecule has 1 heterocycles. The fraction of sp³-hybridized carbons (Fsp3) is 0.844. The highest BCUT2D eigenvalue weighted by molar-refractivity contribution is 5.85. The molecule has 8 atom stereocenters. The molecule has 0 aromatic carbocycles. The molecule has 230 valence electrons. The molecular weight excluding hydrogens is 524 g/mol. The van der Waals surface area contributed by atoms with Gasteiger partial charge in [-0.05, 0) is 62.7 Å². The molecule has 3 saturated carbocycles. The smallest absolute Gasteiger partial charge is 0.411 e. The van der Waals surface area contributed by atoms with Crippen LogP contribution in [-0.2, 0) is 19.1 Å². The van der Waals surface area contributed by atoms with E-state index in [1.807, 2.05) is 0 Å². The van der Waals surface area contributed by atoms with E-state index in [4.69, 9.17) is 15.9 Å². The van der Waals surface area contributed by atoms with Crippen molar-refractivity contribution in [3.63, 3.8) is 0 Å². The van der Waals surface area contributed by atoms with Crippen LogP contribution in [0.4, 0.5) is 4.79 Å². The highest BCUT2D eigenvalue weighted by atomic mass is 16.6. The van der Waals surface area contributed by atoms with E-state index < -0.39 is 52.7 Å². The van der Waals surface area contributed by atoms with Crippen molar-refractivity contribution in [2.24, 2.45) is 34.0 Å². The Hall–Kier alpha value is -2.15. The number of carbonyl (C=O) groups is 3. The number of rotatable bonds is 6. The number of terminal acetylenes is 1. The second-order valence-electron chi connectivity index (χ2n) is 14.1. The van der Waals surface area contributed by atoms with Crippen molar-refractivity contribution in [2.45, 2.75) is 97.9 Å². The van der Waals surface area contributed by atoms with Crippen LogP contribution >= 0.6 is 0 Å². The molecule has 0 radical (unpaired) electrons. The molecule has 0 aromatic heterocycles. The minimum atomic E-state index is -0.973. The number of carbonyl (C=O) groups excluding carboxylic acids is 3. The minimum absolute atomic E-state index is 0.137. The number of ketones is 1. The first-order chi connectivity index (χ1) is 19.2. The average Bonchev–Trinajstić information content (AvgIpc) is 3.30. The van der Waals surface area contributed by atoms with E-state index in [0.29, 0.717) is 58.4 Å². The van der Waals surface area contributed by atoms with Crippen molar-refractivity contribution < 1.29 is 34.1 Å². The van der Waals surface area contributed by atoms with Crippen molar-refractivity contribution >= 4 is 17.8 Å². The Kier molecular flexibility index (Phi) is 8.91. The van der Waals surface area contributed by atoms with Crippen LogP contribution in [-0.4, -0.2) is 95.0 Å². The summed E-state index contributed by atoms with van der Waals surface area (Å²) in [6.45, 7) is 14.0. The fourth-order valence-electron chi connectivity index (χ4n) is 8.64. The Morgan fingerprint density at radius 3 is 2.41 bits per heavy atom. The summed E-state index contributed by atoms with van der Waals surface area (Å²) in [5.41, 5.74) is -2.54. The summed E-state index contributed by atoms with van der Waals surface area (Å²) in [7, 11) is 0. The zero-order valence-electron chi connectivity index (χ0n) is 25.8. The van der Waals surface area contributed by atoms with Crippen LogP contribution in [0.1, 0.15) is 80.1 Å². The molecule has 2 N–H and O–H groups in total. The molecule has 4 fully saturated rings. The maximum atomic E-state index is 13.8. The lowest BCUT2D eigenvalue weighted by molar-refractivity contribution is -0.217. The third-order valence-electron chi connectivity index (χ3n) is 11.6. The number of aliphatic hydroxyl groups is 2. The predicted octanol–water partition coefficient (Wildman–Crippen LogP) is 3.26. The monoisotopic (exact) mass is 574 g/mol. The molecule has 9 nitrogen and oxygen atoms in total. The molecule has 4 aliphatic rings. The lowest BCUT2D eigenvalue weighted by atomic mass is 9.43. The van der Waals surface area contributed by atoms with Crippen LogP contribution < -0.4 is 0 Å². The molecule has 1 saturated heterocycles. The number of aliphatic hydroxyl groups excluding tert-OH is 2. The van der Waals surface area contributed by atoms with Gasteiger partial charge in [0.2, 0.25) is 0 Å². The fourth-order valence-corrected chi connectivity index (χ4v) is 8.64. The number of nitrogens with zero attached hydrogens (tertiary/aromatic N) is 2. The topological polar surface area (TPSA) is 117 Å². The van der Waals surface area contributed by atoms with E-state index in [9.17, 15) is 24.6 Å². The van der Waals surface area contributed by atoms with Crippen LogP contribution in [0.3, 0.4) is 0 Å². The van der Waals surface area contributed by atoms with Gasteiger partial charge >= 0.3 is 12.1 Å². The van der Waals surface area contributed by atoms with Gasteiger partial charge in [0, 0.05) is 56.4 Å². The zero-order chi connectivity index (χ0) is 30.4. The van der Waals surface area contributed by atoms with Crippen molar-refractivity contribution in [3.8, 4) is 12.3 Å². The summed E-state index contributed by atoms with van der Waals surface area (Å²) in [4.78, 5) is 43.0. The number of Topliss-reactive ketones (excluding diaryl/α,β-unsaturated/α-hetero) is 1. The quantitative estimate of drug-likeness (QED) is 0.367. The van der Waals surface area contributed by atoms with Crippen LogP contribution in [0.5, 0.6) is 0 Å². The lowest BCUT2D eigenvalue weighted by Crippen LogP contribution is -2.65. The van der Waals surface area contributed by atoms with Crippen molar-refractivity contribution in [2.75, 3.05) is 39.3 Å². The lowest BCUT2D eigenvalue weighted by Gasteiger charge is -2.63. The maximum absolute atomic E-state index is 13.8. The van der Waals surface area contributed by atoms with Gasteiger partial charge in [0.25, 0.3) is 0 Å². The van der Waals surface area contributed by atoms with Gasteiger partial charge in [-0.1, -0.05) is 33.6 Å². The van der Waals surface area contributed by atoms with E-state index in [2.05, 4.69) is 38.5 Å². The third kappa shape index (κ3) is 5.52. The first-order valence-electron chi connectivity index (χ1n) is 15.4. The van der Waals surface area contributed by atoms with Gasteiger partial charge in [-0.2, -0.15) is 0 Å². The van der Waals surface area contributed by atoms with Crippen LogP contribution in [0, 0.1) is 46.3 Å². The van der Waals surface area contributed by atoms with Gasteiger partial charge in [0.1, 0.15) is 18.5 Å².